The maximum Gasteiger partial charge on any atom is 0.239 e. The third-order valence-electron chi connectivity index (χ3n) is 3.58. The lowest BCUT2D eigenvalue weighted by Crippen LogP contribution is -2.47. The number of nitriles is 1. The number of nitrogens with one attached hydrogen (secondary N) is 1. The Morgan fingerprint density at radius 3 is 3.30 bits per heavy atom. The summed E-state index contributed by atoms with van der Waals surface area (Å²) in [5.74, 6) is -0.108. The number of morpholine rings is 1. The number of ether oxygens (including phenoxy) is 1. The van der Waals surface area contributed by atoms with Crippen molar-refractivity contribution in [1.82, 2.24) is 14.7 Å². The van der Waals surface area contributed by atoms with E-state index in [1.807, 2.05) is 16.9 Å². The molecule has 1 amide bonds. The second kappa shape index (κ2) is 7.37. The van der Waals surface area contributed by atoms with Crippen LogP contribution in [-0.2, 0) is 16.1 Å². The van der Waals surface area contributed by atoms with E-state index in [9.17, 15) is 4.79 Å². The number of thiophene rings is 1. The number of anilines is 1. The van der Waals surface area contributed by atoms with Crippen LogP contribution in [0.25, 0.3) is 0 Å². The van der Waals surface area contributed by atoms with Gasteiger partial charge >= 0.3 is 0 Å². The van der Waals surface area contributed by atoms with Crippen LogP contribution in [-0.4, -0.2) is 52.9 Å². The molecular formula is C15H17N5O2S. The third kappa shape index (κ3) is 4.16. The molecule has 0 aliphatic carbocycles. The summed E-state index contributed by atoms with van der Waals surface area (Å²) >= 11 is 1.36. The van der Waals surface area contributed by atoms with Crippen molar-refractivity contribution in [2.24, 2.45) is 0 Å². The van der Waals surface area contributed by atoms with Gasteiger partial charge in [0.2, 0.25) is 5.91 Å². The molecular weight excluding hydrogens is 314 g/mol. The van der Waals surface area contributed by atoms with Crippen molar-refractivity contribution in [3.8, 4) is 6.07 Å². The summed E-state index contributed by atoms with van der Waals surface area (Å²) in [4.78, 5) is 14.2. The highest BCUT2D eigenvalue weighted by Gasteiger charge is 2.23. The quantitative estimate of drug-likeness (QED) is 0.889. The van der Waals surface area contributed by atoms with E-state index < -0.39 is 0 Å². The van der Waals surface area contributed by atoms with Crippen LogP contribution in [0.4, 0.5) is 5.00 Å². The van der Waals surface area contributed by atoms with Gasteiger partial charge in [-0.15, -0.1) is 11.3 Å². The van der Waals surface area contributed by atoms with Gasteiger partial charge in [-0.25, -0.2) is 0 Å². The lowest BCUT2D eigenvalue weighted by molar-refractivity contribution is -0.119. The predicted molar refractivity (Wildman–Crippen MR) is 86.1 cm³/mol. The molecule has 3 rings (SSSR count). The van der Waals surface area contributed by atoms with Crippen molar-refractivity contribution in [2.75, 3.05) is 31.6 Å². The Labute approximate surface area is 138 Å². The van der Waals surface area contributed by atoms with Gasteiger partial charge in [0, 0.05) is 25.5 Å². The van der Waals surface area contributed by atoms with Crippen molar-refractivity contribution in [3.63, 3.8) is 0 Å². The minimum Gasteiger partial charge on any atom is -0.374 e. The Bertz CT molecular complexity index is 691. The van der Waals surface area contributed by atoms with Crippen LogP contribution in [0, 0.1) is 11.3 Å². The van der Waals surface area contributed by atoms with Gasteiger partial charge in [0.05, 0.1) is 31.4 Å². The van der Waals surface area contributed by atoms with Crippen LogP contribution < -0.4 is 5.32 Å². The first-order valence-corrected chi connectivity index (χ1v) is 8.21. The molecule has 7 nitrogen and oxygen atoms in total. The first kappa shape index (κ1) is 15.7. The monoisotopic (exact) mass is 331 g/mol. The van der Waals surface area contributed by atoms with E-state index >= 15 is 0 Å². The summed E-state index contributed by atoms with van der Waals surface area (Å²) in [6.45, 7) is 2.97. The maximum absolute atomic E-state index is 12.2. The molecule has 1 aliphatic rings. The van der Waals surface area contributed by atoms with Crippen molar-refractivity contribution < 1.29 is 9.53 Å². The molecule has 1 fully saturated rings. The van der Waals surface area contributed by atoms with Gasteiger partial charge in [0.15, 0.2) is 0 Å². The molecule has 120 valence electrons. The van der Waals surface area contributed by atoms with E-state index in [-0.39, 0.29) is 12.0 Å². The standard InChI is InChI=1S/C15H17N5O2S/c16-8-12-2-7-23-15(12)18-14(21)11-19-5-6-22-13(9-19)10-20-4-1-3-17-20/h1-4,7,13H,5-6,9-11H2,(H,18,21)/t13-/m0/s1. The number of nitrogens with zero attached hydrogens (tertiary/aromatic N) is 4. The zero-order valence-electron chi connectivity index (χ0n) is 12.5. The van der Waals surface area contributed by atoms with Gasteiger partial charge in [-0.2, -0.15) is 10.4 Å². The fraction of sp³-hybridized carbons (Fsp3) is 0.400. The molecule has 0 aromatic carbocycles. The van der Waals surface area contributed by atoms with Gasteiger partial charge in [-0.1, -0.05) is 0 Å². The summed E-state index contributed by atoms with van der Waals surface area (Å²) in [5.41, 5.74) is 0.502. The van der Waals surface area contributed by atoms with Crippen LogP contribution >= 0.6 is 11.3 Å². The summed E-state index contributed by atoms with van der Waals surface area (Å²) in [6, 6.07) is 5.65. The summed E-state index contributed by atoms with van der Waals surface area (Å²) in [5, 5.41) is 18.4. The number of hydrogen-bond acceptors (Lipinski definition) is 6. The van der Waals surface area contributed by atoms with Crippen LogP contribution in [0.2, 0.25) is 0 Å². The summed E-state index contributed by atoms with van der Waals surface area (Å²) < 4.78 is 7.56. The number of hydrogen-bond donors (Lipinski definition) is 1. The predicted octanol–water partition coefficient (Wildman–Crippen LogP) is 1.16. The van der Waals surface area contributed by atoms with Crippen molar-refractivity contribution in [2.45, 2.75) is 12.6 Å². The molecule has 2 aromatic heterocycles. The first-order chi connectivity index (χ1) is 11.2. The number of aromatic nitrogens is 2. The molecule has 3 heterocycles. The van der Waals surface area contributed by atoms with Gasteiger partial charge < -0.3 is 10.1 Å². The molecule has 23 heavy (non-hydrogen) atoms. The summed E-state index contributed by atoms with van der Waals surface area (Å²) in [6.07, 6.45) is 3.66. The highest BCUT2D eigenvalue weighted by Crippen LogP contribution is 2.22. The van der Waals surface area contributed by atoms with E-state index in [2.05, 4.69) is 21.4 Å². The highest BCUT2D eigenvalue weighted by molar-refractivity contribution is 7.14. The van der Waals surface area contributed by atoms with E-state index in [1.165, 1.54) is 11.3 Å². The Morgan fingerprint density at radius 2 is 2.52 bits per heavy atom. The van der Waals surface area contributed by atoms with Crippen molar-refractivity contribution in [3.05, 3.63) is 35.5 Å². The summed E-state index contributed by atoms with van der Waals surface area (Å²) in [7, 11) is 0. The van der Waals surface area contributed by atoms with Gasteiger partial charge in [0.1, 0.15) is 11.1 Å². The van der Waals surface area contributed by atoms with Crippen LogP contribution in [0.3, 0.4) is 0 Å². The molecule has 1 N–H and O–H groups in total. The Morgan fingerprint density at radius 1 is 1.61 bits per heavy atom. The van der Waals surface area contributed by atoms with E-state index in [0.717, 1.165) is 6.54 Å². The molecule has 0 unspecified atom stereocenters. The van der Waals surface area contributed by atoms with Crippen LogP contribution in [0.15, 0.2) is 29.9 Å². The second-order valence-electron chi connectivity index (χ2n) is 5.28. The normalized spacial score (nSPS) is 18.5. The van der Waals surface area contributed by atoms with Crippen molar-refractivity contribution >= 4 is 22.2 Å². The molecule has 0 radical (unpaired) electrons. The number of amides is 1. The van der Waals surface area contributed by atoms with E-state index in [0.29, 0.717) is 36.8 Å². The molecule has 8 heteroatoms. The molecule has 1 atom stereocenters. The Balaban J connectivity index is 1.51. The zero-order chi connectivity index (χ0) is 16.1. The molecule has 1 saturated heterocycles. The first-order valence-electron chi connectivity index (χ1n) is 7.33. The maximum atomic E-state index is 12.2. The third-order valence-corrected chi connectivity index (χ3v) is 4.41. The lowest BCUT2D eigenvalue weighted by atomic mass is 10.2. The number of rotatable bonds is 5. The van der Waals surface area contributed by atoms with Gasteiger partial charge in [-0.3, -0.25) is 14.4 Å². The zero-order valence-corrected chi connectivity index (χ0v) is 13.3. The van der Waals surface area contributed by atoms with Gasteiger partial charge in [0.25, 0.3) is 0 Å². The van der Waals surface area contributed by atoms with Crippen LogP contribution in [0.1, 0.15) is 5.56 Å². The highest BCUT2D eigenvalue weighted by atomic mass is 32.1. The van der Waals surface area contributed by atoms with Crippen molar-refractivity contribution in [1.29, 1.82) is 5.26 Å². The minimum atomic E-state index is -0.108. The molecule has 0 spiro atoms. The molecule has 0 saturated carbocycles. The average molecular weight is 331 g/mol. The molecule has 2 aromatic rings. The van der Waals surface area contributed by atoms with Gasteiger partial charge in [-0.05, 0) is 17.5 Å². The number of carbonyl (C=O) groups is 1. The fourth-order valence-electron chi connectivity index (χ4n) is 2.51. The smallest absolute Gasteiger partial charge is 0.239 e. The topological polar surface area (TPSA) is 83.2 Å². The minimum absolute atomic E-state index is 0.0212. The Hall–Kier alpha value is -2.21. The van der Waals surface area contributed by atoms with E-state index in [1.54, 1.807) is 17.6 Å². The van der Waals surface area contributed by atoms with Crippen LogP contribution in [0.5, 0.6) is 0 Å². The lowest BCUT2D eigenvalue weighted by Gasteiger charge is -2.32. The number of carbonyl (C=O) groups excluding carboxylic acids is 1. The largest absolute Gasteiger partial charge is 0.374 e. The van der Waals surface area contributed by atoms with E-state index in [4.69, 9.17) is 10.00 Å². The Kier molecular flexibility index (Phi) is 5.02. The average Bonchev–Trinajstić information content (AvgIpc) is 3.19. The fourth-order valence-corrected chi connectivity index (χ4v) is 3.27. The molecule has 1 aliphatic heterocycles. The second-order valence-corrected chi connectivity index (χ2v) is 6.20. The SMILES string of the molecule is N#Cc1ccsc1NC(=O)CN1CCO[C@H](Cn2cccn2)C1. The molecule has 0 bridgehead atoms.